The largest absolute Gasteiger partial charge is 0.496 e. The maximum atomic E-state index is 13.0. The van der Waals surface area contributed by atoms with Crippen LogP contribution in [-0.2, 0) is 0 Å². The van der Waals surface area contributed by atoms with Crippen LogP contribution >= 0.6 is 0 Å². The molecule has 0 spiro atoms. The van der Waals surface area contributed by atoms with E-state index in [1.807, 2.05) is 78.3 Å². The first-order chi connectivity index (χ1) is 18.1. The summed E-state index contributed by atoms with van der Waals surface area (Å²) in [5.74, 6) is 0.270. The van der Waals surface area contributed by atoms with Crippen LogP contribution in [0.1, 0.15) is 21.6 Å². The minimum Gasteiger partial charge on any atom is -0.496 e. The van der Waals surface area contributed by atoms with Gasteiger partial charge in [0.1, 0.15) is 5.75 Å². The Kier molecular flexibility index (Phi) is 6.90. The minimum atomic E-state index is -0.402. The van der Waals surface area contributed by atoms with Gasteiger partial charge >= 0.3 is 0 Å². The first-order valence-electron chi connectivity index (χ1n) is 11.9. The number of methoxy groups -OCH3 is 1. The molecule has 0 bridgehead atoms. The zero-order valence-electron chi connectivity index (χ0n) is 20.6. The number of hydrogen-bond donors (Lipinski definition) is 1. The number of aryl methyl sites for hydroxylation is 1. The third-order valence-corrected chi connectivity index (χ3v) is 6.08. The van der Waals surface area contributed by atoms with Crippen LogP contribution in [0.4, 0.5) is 0 Å². The summed E-state index contributed by atoms with van der Waals surface area (Å²) >= 11 is 0. The van der Waals surface area contributed by atoms with E-state index in [4.69, 9.17) is 4.74 Å². The Morgan fingerprint density at radius 2 is 1.49 bits per heavy atom. The second kappa shape index (κ2) is 10.7. The van der Waals surface area contributed by atoms with Crippen LogP contribution in [-0.4, -0.2) is 29.0 Å². The van der Waals surface area contributed by atoms with Gasteiger partial charge in [-0.25, -0.2) is 10.1 Å². The molecule has 0 radical (unpaired) electrons. The quantitative estimate of drug-likeness (QED) is 0.217. The number of hydrogen-bond acceptors (Lipinski definition) is 4. The number of para-hydroxylation sites is 2. The average Bonchev–Trinajstić information content (AvgIpc) is 3.39. The van der Waals surface area contributed by atoms with E-state index in [-0.39, 0.29) is 5.69 Å². The smallest absolute Gasteiger partial charge is 0.291 e. The van der Waals surface area contributed by atoms with Crippen LogP contribution in [0.3, 0.4) is 0 Å². The minimum absolute atomic E-state index is 0.266. The number of nitrogens with zero attached hydrogens (tertiary/aromatic N) is 3. The van der Waals surface area contributed by atoms with E-state index in [0.29, 0.717) is 5.75 Å². The summed E-state index contributed by atoms with van der Waals surface area (Å²) in [6.07, 6.45) is 1.55. The van der Waals surface area contributed by atoms with Crippen molar-refractivity contribution < 1.29 is 9.53 Å². The molecule has 0 saturated carbocycles. The number of aromatic nitrogens is 2. The molecule has 4 aromatic carbocycles. The molecule has 0 atom stereocenters. The molecule has 0 aliphatic heterocycles. The highest BCUT2D eigenvalue weighted by atomic mass is 16.5. The monoisotopic (exact) mass is 486 g/mol. The van der Waals surface area contributed by atoms with Crippen LogP contribution in [0, 0.1) is 6.92 Å². The Morgan fingerprint density at radius 3 is 2.24 bits per heavy atom. The van der Waals surface area contributed by atoms with E-state index in [1.54, 1.807) is 19.4 Å². The number of nitrogens with one attached hydrogen (secondary N) is 1. The van der Waals surface area contributed by atoms with Gasteiger partial charge < -0.3 is 4.74 Å². The number of hydrazone groups is 1. The molecular formula is C31H26N4O2. The number of carbonyl (C=O) groups excluding carboxylic acids is 1. The lowest BCUT2D eigenvalue weighted by Gasteiger charge is -2.11. The summed E-state index contributed by atoms with van der Waals surface area (Å²) in [7, 11) is 1.59. The molecule has 1 amide bonds. The third kappa shape index (κ3) is 5.18. The summed E-state index contributed by atoms with van der Waals surface area (Å²) in [5, 5.41) is 8.78. The van der Waals surface area contributed by atoms with E-state index >= 15 is 0 Å². The molecular weight excluding hydrogens is 460 g/mol. The average molecular weight is 487 g/mol. The van der Waals surface area contributed by atoms with Gasteiger partial charge in [-0.05, 0) is 47.9 Å². The summed E-state index contributed by atoms with van der Waals surface area (Å²) in [4.78, 5) is 13.0. The van der Waals surface area contributed by atoms with E-state index in [2.05, 4.69) is 52.0 Å². The van der Waals surface area contributed by atoms with Crippen molar-refractivity contribution >= 4 is 12.1 Å². The normalized spacial score (nSPS) is 11.0. The Balaban J connectivity index is 1.47. The van der Waals surface area contributed by atoms with Crippen LogP contribution < -0.4 is 10.2 Å². The number of carbonyl (C=O) groups is 1. The molecule has 0 fully saturated rings. The molecule has 0 saturated heterocycles. The maximum absolute atomic E-state index is 13.0. The Bertz CT molecular complexity index is 1550. The SMILES string of the molecule is COc1ccccc1/C=N\NC(=O)c1cc(-c2ccc(-c3ccccc3)cc2)n(-c2ccccc2C)n1. The predicted octanol–water partition coefficient (Wildman–Crippen LogP) is 6.29. The van der Waals surface area contributed by atoms with Crippen molar-refractivity contribution in [3.63, 3.8) is 0 Å². The number of ether oxygens (including phenoxy) is 1. The highest BCUT2D eigenvalue weighted by Crippen LogP contribution is 2.28. The van der Waals surface area contributed by atoms with Crippen LogP contribution in [0.25, 0.3) is 28.1 Å². The molecule has 0 aliphatic rings. The van der Waals surface area contributed by atoms with Crippen molar-refractivity contribution in [1.82, 2.24) is 15.2 Å². The lowest BCUT2D eigenvalue weighted by Crippen LogP contribution is -2.18. The van der Waals surface area contributed by atoms with E-state index in [1.165, 1.54) is 0 Å². The van der Waals surface area contributed by atoms with Crippen molar-refractivity contribution in [1.29, 1.82) is 0 Å². The van der Waals surface area contributed by atoms with Gasteiger partial charge in [0, 0.05) is 11.1 Å². The van der Waals surface area contributed by atoms with Crippen molar-refractivity contribution in [2.24, 2.45) is 5.10 Å². The lowest BCUT2D eigenvalue weighted by molar-refractivity contribution is 0.0949. The number of rotatable bonds is 7. The van der Waals surface area contributed by atoms with E-state index < -0.39 is 5.91 Å². The highest BCUT2D eigenvalue weighted by molar-refractivity contribution is 5.94. The van der Waals surface area contributed by atoms with Gasteiger partial charge in [-0.3, -0.25) is 4.79 Å². The first-order valence-corrected chi connectivity index (χ1v) is 11.9. The molecule has 37 heavy (non-hydrogen) atoms. The molecule has 5 aromatic rings. The Labute approximate surface area is 215 Å². The zero-order chi connectivity index (χ0) is 25.6. The molecule has 0 aliphatic carbocycles. The predicted molar refractivity (Wildman–Crippen MR) is 147 cm³/mol. The summed E-state index contributed by atoms with van der Waals surface area (Å²) in [6.45, 7) is 2.02. The summed E-state index contributed by atoms with van der Waals surface area (Å²) in [6, 6.07) is 35.7. The standard InChI is InChI=1S/C31H26N4O2/c1-22-10-6-8-14-28(22)35-29(25-18-16-24(17-19-25)23-11-4-3-5-12-23)20-27(34-35)31(36)33-32-21-26-13-7-9-15-30(26)37-2/h3-21H,1-2H3,(H,33,36)/b32-21-. The molecule has 0 unspecified atom stereocenters. The van der Waals surface area contributed by atoms with E-state index in [9.17, 15) is 4.79 Å². The zero-order valence-corrected chi connectivity index (χ0v) is 20.6. The third-order valence-electron chi connectivity index (χ3n) is 6.08. The fraction of sp³-hybridized carbons (Fsp3) is 0.0645. The van der Waals surface area contributed by atoms with Crippen molar-refractivity contribution in [2.45, 2.75) is 6.92 Å². The van der Waals surface area contributed by atoms with Gasteiger partial charge in [-0.1, -0.05) is 84.9 Å². The molecule has 6 heteroatoms. The van der Waals surface area contributed by atoms with Crippen LogP contribution in [0.15, 0.2) is 114 Å². The number of amides is 1. The van der Waals surface area contributed by atoms with Gasteiger partial charge in [-0.15, -0.1) is 0 Å². The van der Waals surface area contributed by atoms with Crippen molar-refractivity contribution in [3.8, 4) is 33.8 Å². The second-order valence-electron chi connectivity index (χ2n) is 8.50. The Hall–Kier alpha value is -4.97. The molecule has 1 N–H and O–H groups in total. The van der Waals surface area contributed by atoms with Crippen molar-refractivity contribution in [2.75, 3.05) is 7.11 Å². The van der Waals surface area contributed by atoms with Crippen LogP contribution in [0.2, 0.25) is 0 Å². The highest BCUT2D eigenvalue weighted by Gasteiger charge is 2.18. The fourth-order valence-electron chi connectivity index (χ4n) is 4.14. The van der Waals surface area contributed by atoms with Gasteiger partial charge in [-0.2, -0.15) is 10.2 Å². The second-order valence-corrected chi connectivity index (χ2v) is 8.50. The van der Waals surface area contributed by atoms with Gasteiger partial charge in [0.25, 0.3) is 5.91 Å². The molecule has 182 valence electrons. The van der Waals surface area contributed by atoms with Gasteiger partial charge in [0.15, 0.2) is 5.69 Å². The molecule has 6 nitrogen and oxygen atoms in total. The van der Waals surface area contributed by atoms with Crippen molar-refractivity contribution in [3.05, 3.63) is 126 Å². The van der Waals surface area contributed by atoms with E-state index in [0.717, 1.165) is 39.2 Å². The lowest BCUT2D eigenvalue weighted by atomic mass is 10.0. The maximum Gasteiger partial charge on any atom is 0.291 e. The topological polar surface area (TPSA) is 68.5 Å². The molecule has 1 heterocycles. The van der Waals surface area contributed by atoms with Gasteiger partial charge in [0.2, 0.25) is 0 Å². The van der Waals surface area contributed by atoms with Gasteiger partial charge in [0.05, 0.1) is 24.7 Å². The first kappa shape index (κ1) is 23.8. The summed E-state index contributed by atoms with van der Waals surface area (Å²) in [5.41, 5.74) is 9.60. The molecule has 5 rings (SSSR count). The number of benzene rings is 4. The molecule has 1 aromatic heterocycles. The fourth-order valence-corrected chi connectivity index (χ4v) is 4.14. The van der Waals surface area contributed by atoms with Crippen LogP contribution in [0.5, 0.6) is 5.75 Å². The summed E-state index contributed by atoms with van der Waals surface area (Å²) < 4.78 is 7.14. The Morgan fingerprint density at radius 1 is 0.838 bits per heavy atom.